The standard InChI is InChI=1S/C17H29NO/c1-8-19-16-10-13(4)15(9-14(16)5)17(6,7)11-18-12(2)3/h9-10,12,18H,8,11H2,1-7H3. The maximum absolute atomic E-state index is 5.67. The maximum atomic E-state index is 5.67. The van der Waals surface area contributed by atoms with E-state index in [0.29, 0.717) is 6.04 Å². The summed E-state index contributed by atoms with van der Waals surface area (Å²) in [5.41, 5.74) is 4.07. The van der Waals surface area contributed by atoms with E-state index in [2.05, 4.69) is 59.0 Å². The SMILES string of the molecule is CCOc1cc(C)c(C(C)(C)CNC(C)C)cc1C. The molecular formula is C17H29NO. The van der Waals surface area contributed by atoms with Gasteiger partial charge in [0.2, 0.25) is 0 Å². The molecule has 19 heavy (non-hydrogen) atoms. The molecule has 0 heterocycles. The highest BCUT2D eigenvalue weighted by Gasteiger charge is 2.23. The van der Waals surface area contributed by atoms with E-state index in [1.165, 1.54) is 16.7 Å². The van der Waals surface area contributed by atoms with E-state index in [1.54, 1.807) is 0 Å². The number of hydrogen-bond acceptors (Lipinski definition) is 2. The van der Waals surface area contributed by atoms with Crippen LogP contribution >= 0.6 is 0 Å². The number of nitrogens with one attached hydrogen (secondary N) is 1. The molecule has 0 bridgehead atoms. The Labute approximate surface area is 118 Å². The summed E-state index contributed by atoms with van der Waals surface area (Å²) in [5.74, 6) is 1.01. The predicted octanol–water partition coefficient (Wildman–Crippen LogP) is 3.98. The molecule has 0 fully saturated rings. The molecule has 0 aliphatic carbocycles. The first-order valence-corrected chi connectivity index (χ1v) is 7.26. The number of rotatable bonds is 6. The lowest BCUT2D eigenvalue weighted by Crippen LogP contribution is -2.37. The second-order valence-corrected chi connectivity index (χ2v) is 6.29. The van der Waals surface area contributed by atoms with Crippen molar-refractivity contribution in [3.63, 3.8) is 0 Å². The van der Waals surface area contributed by atoms with Crippen LogP contribution in [0.5, 0.6) is 5.75 Å². The van der Waals surface area contributed by atoms with Gasteiger partial charge in [-0.3, -0.25) is 0 Å². The lowest BCUT2D eigenvalue weighted by molar-refractivity contribution is 0.337. The molecule has 1 N–H and O–H groups in total. The summed E-state index contributed by atoms with van der Waals surface area (Å²) in [6.07, 6.45) is 0. The van der Waals surface area contributed by atoms with Gasteiger partial charge in [0.1, 0.15) is 5.75 Å². The first-order chi connectivity index (χ1) is 8.77. The van der Waals surface area contributed by atoms with Crippen LogP contribution in [0.3, 0.4) is 0 Å². The van der Waals surface area contributed by atoms with Crippen LogP contribution < -0.4 is 10.1 Å². The van der Waals surface area contributed by atoms with Crippen molar-refractivity contribution in [2.45, 2.75) is 59.9 Å². The Morgan fingerprint density at radius 3 is 2.32 bits per heavy atom. The van der Waals surface area contributed by atoms with E-state index >= 15 is 0 Å². The highest BCUT2D eigenvalue weighted by Crippen LogP contribution is 2.31. The first-order valence-electron chi connectivity index (χ1n) is 7.26. The zero-order chi connectivity index (χ0) is 14.6. The molecule has 1 rings (SSSR count). The third kappa shape index (κ3) is 4.24. The molecule has 1 aromatic carbocycles. The minimum Gasteiger partial charge on any atom is -0.494 e. The van der Waals surface area contributed by atoms with Crippen LogP contribution in [0.2, 0.25) is 0 Å². The van der Waals surface area contributed by atoms with Crippen molar-refractivity contribution in [3.05, 3.63) is 28.8 Å². The van der Waals surface area contributed by atoms with Crippen LogP contribution in [-0.2, 0) is 5.41 Å². The summed E-state index contributed by atoms with van der Waals surface area (Å²) in [6.45, 7) is 17.0. The molecule has 108 valence electrons. The van der Waals surface area contributed by atoms with Gasteiger partial charge in [-0.25, -0.2) is 0 Å². The van der Waals surface area contributed by atoms with Crippen LogP contribution in [0, 0.1) is 13.8 Å². The van der Waals surface area contributed by atoms with Gasteiger partial charge < -0.3 is 10.1 Å². The lowest BCUT2D eigenvalue weighted by Gasteiger charge is -2.29. The highest BCUT2D eigenvalue weighted by molar-refractivity contribution is 5.44. The maximum Gasteiger partial charge on any atom is 0.122 e. The molecule has 2 heteroatoms. The fraction of sp³-hybridized carbons (Fsp3) is 0.647. The molecule has 1 aromatic rings. The van der Waals surface area contributed by atoms with Crippen molar-refractivity contribution in [1.29, 1.82) is 0 Å². The number of aryl methyl sites for hydroxylation is 2. The Kier molecular flexibility index (Phi) is 5.42. The molecule has 0 radical (unpaired) electrons. The lowest BCUT2D eigenvalue weighted by atomic mass is 9.81. The van der Waals surface area contributed by atoms with Gasteiger partial charge in [-0.1, -0.05) is 33.8 Å². The van der Waals surface area contributed by atoms with Crippen LogP contribution in [-0.4, -0.2) is 19.2 Å². The van der Waals surface area contributed by atoms with Crippen molar-refractivity contribution < 1.29 is 4.74 Å². The van der Waals surface area contributed by atoms with Gasteiger partial charge in [-0.2, -0.15) is 0 Å². The van der Waals surface area contributed by atoms with E-state index in [-0.39, 0.29) is 5.41 Å². The summed E-state index contributed by atoms with van der Waals surface area (Å²) in [4.78, 5) is 0. The van der Waals surface area contributed by atoms with Gasteiger partial charge in [-0.15, -0.1) is 0 Å². The van der Waals surface area contributed by atoms with Crippen molar-refractivity contribution in [2.24, 2.45) is 0 Å². The molecule has 0 unspecified atom stereocenters. The fourth-order valence-corrected chi connectivity index (χ4v) is 2.38. The summed E-state index contributed by atoms with van der Waals surface area (Å²) in [6, 6.07) is 4.97. The average Bonchev–Trinajstić information content (AvgIpc) is 2.31. The van der Waals surface area contributed by atoms with Gasteiger partial charge in [-0.05, 0) is 43.5 Å². The monoisotopic (exact) mass is 263 g/mol. The Morgan fingerprint density at radius 2 is 1.79 bits per heavy atom. The third-order valence-corrected chi connectivity index (χ3v) is 3.50. The van der Waals surface area contributed by atoms with Gasteiger partial charge in [0, 0.05) is 18.0 Å². The summed E-state index contributed by atoms with van der Waals surface area (Å²) in [5, 5.41) is 3.54. The number of benzene rings is 1. The van der Waals surface area contributed by atoms with E-state index in [1.807, 2.05) is 6.92 Å². The molecular weight excluding hydrogens is 234 g/mol. The third-order valence-electron chi connectivity index (χ3n) is 3.50. The summed E-state index contributed by atoms with van der Waals surface area (Å²) < 4.78 is 5.67. The first kappa shape index (κ1) is 16.0. The van der Waals surface area contributed by atoms with E-state index in [4.69, 9.17) is 4.74 Å². The second-order valence-electron chi connectivity index (χ2n) is 6.29. The topological polar surface area (TPSA) is 21.3 Å². The van der Waals surface area contributed by atoms with E-state index in [0.717, 1.165) is 18.9 Å². The predicted molar refractivity (Wildman–Crippen MR) is 83.2 cm³/mol. The fourth-order valence-electron chi connectivity index (χ4n) is 2.38. The van der Waals surface area contributed by atoms with Crippen molar-refractivity contribution in [1.82, 2.24) is 5.32 Å². The van der Waals surface area contributed by atoms with Gasteiger partial charge >= 0.3 is 0 Å². The Hall–Kier alpha value is -1.02. The minimum atomic E-state index is 0.129. The molecule has 0 amide bonds. The van der Waals surface area contributed by atoms with E-state index in [9.17, 15) is 0 Å². The zero-order valence-corrected chi connectivity index (χ0v) is 13.6. The van der Waals surface area contributed by atoms with Crippen LogP contribution in [0.4, 0.5) is 0 Å². The molecule has 0 spiro atoms. The van der Waals surface area contributed by atoms with Gasteiger partial charge in [0.25, 0.3) is 0 Å². The quantitative estimate of drug-likeness (QED) is 0.838. The molecule has 0 atom stereocenters. The van der Waals surface area contributed by atoms with Crippen molar-refractivity contribution in [2.75, 3.05) is 13.2 Å². The highest BCUT2D eigenvalue weighted by atomic mass is 16.5. The average molecular weight is 263 g/mol. The minimum absolute atomic E-state index is 0.129. The number of hydrogen-bond donors (Lipinski definition) is 1. The van der Waals surface area contributed by atoms with Gasteiger partial charge in [0.15, 0.2) is 0 Å². The van der Waals surface area contributed by atoms with E-state index < -0.39 is 0 Å². The number of ether oxygens (including phenoxy) is 1. The van der Waals surface area contributed by atoms with Crippen LogP contribution in [0.25, 0.3) is 0 Å². The molecule has 2 nitrogen and oxygen atoms in total. The Morgan fingerprint density at radius 1 is 1.16 bits per heavy atom. The summed E-state index contributed by atoms with van der Waals surface area (Å²) in [7, 11) is 0. The summed E-state index contributed by atoms with van der Waals surface area (Å²) >= 11 is 0. The van der Waals surface area contributed by atoms with Crippen molar-refractivity contribution >= 4 is 0 Å². The van der Waals surface area contributed by atoms with Gasteiger partial charge in [0.05, 0.1) is 6.61 Å². The van der Waals surface area contributed by atoms with Crippen LogP contribution in [0.15, 0.2) is 12.1 Å². The van der Waals surface area contributed by atoms with Crippen molar-refractivity contribution in [3.8, 4) is 5.75 Å². The molecule has 0 aromatic heterocycles. The second kappa shape index (κ2) is 6.42. The largest absolute Gasteiger partial charge is 0.494 e. The Bertz CT molecular complexity index is 422. The molecule has 0 aliphatic rings. The molecule has 0 saturated carbocycles. The molecule has 0 aliphatic heterocycles. The zero-order valence-electron chi connectivity index (χ0n) is 13.6. The normalized spacial score (nSPS) is 12.0. The van der Waals surface area contributed by atoms with Crippen LogP contribution in [0.1, 0.15) is 51.3 Å². The Balaban J connectivity index is 3.02. The smallest absolute Gasteiger partial charge is 0.122 e. The molecule has 0 saturated heterocycles.